The third-order valence-corrected chi connectivity index (χ3v) is 4.55. The van der Waals surface area contributed by atoms with Gasteiger partial charge in [0, 0.05) is 17.7 Å². The van der Waals surface area contributed by atoms with Crippen molar-refractivity contribution in [1.29, 1.82) is 0 Å². The lowest BCUT2D eigenvalue weighted by Gasteiger charge is -2.28. The molecule has 0 aromatic heterocycles. The van der Waals surface area contributed by atoms with Crippen LogP contribution >= 0.6 is 0 Å². The lowest BCUT2D eigenvalue weighted by atomic mass is 9.86. The Kier molecular flexibility index (Phi) is 5.41. The molecule has 1 aliphatic carbocycles. The van der Waals surface area contributed by atoms with E-state index in [1.54, 1.807) is 0 Å². The van der Waals surface area contributed by atoms with Gasteiger partial charge in [-0.1, -0.05) is 19.4 Å². The molecular weight excluding hydrogens is 253 g/mol. The van der Waals surface area contributed by atoms with E-state index in [0.717, 1.165) is 18.8 Å². The third kappa shape index (κ3) is 3.72. The van der Waals surface area contributed by atoms with Crippen LogP contribution < -0.4 is 10.1 Å². The minimum Gasteiger partial charge on any atom is -0.490 e. The average Bonchev–Trinajstić information content (AvgIpc) is 2.47. The Hall–Kier alpha value is -1.09. The Labute approximate surface area is 121 Å². The molecule has 0 bridgehead atoms. The SMILES string of the molecule is CCC1CCC(Oc2ccc(C(C)NC)c(F)c2)CC1. The summed E-state index contributed by atoms with van der Waals surface area (Å²) in [6, 6.07) is 5.25. The van der Waals surface area contributed by atoms with Gasteiger partial charge in [-0.3, -0.25) is 0 Å². The lowest BCUT2D eigenvalue weighted by Crippen LogP contribution is -2.24. The fourth-order valence-electron chi connectivity index (χ4n) is 2.94. The van der Waals surface area contributed by atoms with E-state index in [1.807, 2.05) is 26.1 Å². The molecule has 1 unspecified atom stereocenters. The summed E-state index contributed by atoms with van der Waals surface area (Å²) in [5.74, 6) is 1.33. The first-order chi connectivity index (χ1) is 9.63. The fraction of sp³-hybridized carbons (Fsp3) is 0.647. The van der Waals surface area contributed by atoms with Crippen molar-refractivity contribution in [3.63, 3.8) is 0 Å². The van der Waals surface area contributed by atoms with Crippen LogP contribution in [0.2, 0.25) is 0 Å². The average molecular weight is 279 g/mol. The van der Waals surface area contributed by atoms with Gasteiger partial charge in [-0.05, 0) is 51.6 Å². The van der Waals surface area contributed by atoms with E-state index in [1.165, 1.54) is 25.3 Å². The molecule has 1 atom stereocenters. The maximum Gasteiger partial charge on any atom is 0.131 e. The molecule has 0 heterocycles. The molecule has 20 heavy (non-hydrogen) atoms. The molecule has 1 aromatic carbocycles. The van der Waals surface area contributed by atoms with E-state index in [2.05, 4.69) is 12.2 Å². The smallest absolute Gasteiger partial charge is 0.131 e. The van der Waals surface area contributed by atoms with Gasteiger partial charge in [0.05, 0.1) is 6.10 Å². The van der Waals surface area contributed by atoms with Crippen molar-refractivity contribution in [3.05, 3.63) is 29.6 Å². The van der Waals surface area contributed by atoms with E-state index in [-0.39, 0.29) is 18.0 Å². The minimum atomic E-state index is -0.188. The summed E-state index contributed by atoms with van der Waals surface area (Å²) in [4.78, 5) is 0. The van der Waals surface area contributed by atoms with E-state index >= 15 is 0 Å². The van der Waals surface area contributed by atoms with Gasteiger partial charge >= 0.3 is 0 Å². The van der Waals surface area contributed by atoms with Crippen LogP contribution in [0.4, 0.5) is 4.39 Å². The Morgan fingerprint density at radius 2 is 2.00 bits per heavy atom. The van der Waals surface area contributed by atoms with Gasteiger partial charge in [0.15, 0.2) is 0 Å². The van der Waals surface area contributed by atoms with Crippen molar-refractivity contribution in [2.24, 2.45) is 5.92 Å². The highest BCUT2D eigenvalue weighted by Gasteiger charge is 2.21. The highest BCUT2D eigenvalue weighted by atomic mass is 19.1. The fourth-order valence-corrected chi connectivity index (χ4v) is 2.94. The topological polar surface area (TPSA) is 21.3 Å². The van der Waals surface area contributed by atoms with Crippen molar-refractivity contribution >= 4 is 0 Å². The Morgan fingerprint density at radius 3 is 2.55 bits per heavy atom. The lowest BCUT2D eigenvalue weighted by molar-refractivity contribution is 0.129. The Morgan fingerprint density at radius 1 is 1.30 bits per heavy atom. The van der Waals surface area contributed by atoms with Crippen molar-refractivity contribution in [2.45, 2.75) is 58.1 Å². The van der Waals surface area contributed by atoms with Crippen LogP contribution in [-0.4, -0.2) is 13.2 Å². The normalized spacial score (nSPS) is 24.4. The van der Waals surface area contributed by atoms with Crippen LogP contribution in [0, 0.1) is 11.7 Å². The van der Waals surface area contributed by atoms with Gasteiger partial charge in [0.25, 0.3) is 0 Å². The molecule has 0 aliphatic heterocycles. The zero-order valence-electron chi connectivity index (χ0n) is 12.8. The molecule has 1 aliphatic rings. The predicted molar refractivity (Wildman–Crippen MR) is 80.5 cm³/mol. The van der Waals surface area contributed by atoms with Crippen LogP contribution in [0.15, 0.2) is 18.2 Å². The van der Waals surface area contributed by atoms with Crippen LogP contribution in [-0.2, 0) is 0 Å². The summed E-state index contributed by atoms with van der Waals surface area (Å²) in [6.07, 6.45) is 6.17. The quantitative estimate of drug-likeness (QED) is 0.859. The molecule has 0 saturated heterocycles. The number of rotatable bonds is 5. The summed E-state index contributed by atoms with van der Waals surface area (Å²) in [6.45, 7) is 4.20. The van der Waals surface area contributed by atoms with Gasteiger partial charge in [-0.2, -0.15) is 0 Å². The number of hydrogen-bond donors (Lipinski definition) is 1. The first-order valence-electron chi connectivity index (χ1n) is 7.77. The van der Waals surface area contributed by atoms with Gasteiger partial charge in [-0.15, -0.1) is 0 Å². The molecule has 1 fully saturated rings. The molecule has 1 N–H and O–H groups in total. The number of halogens is 1. The molecule has 0 amide bonds. The Bertz CT molecular complexity index is 427. The summed E-state index contributed by atoms with van der Waals surface area (Å²) < 4.78 is 20.0. The monoisotopic (exact) mass is 279 g/mol. The van der Waals surface area contributed by atoms with Gasteiger partial charge < -0.3 is 10.1 Å². The molecular formula is C17H26FNO. The summed E-state index contributed by atoms with van der Waals surface area (Å²) in [7, 11) is 1.83. The first-order valence-corrected chi connectivity index (χ1v) is 7.77. The predicted octanol–water partition coefficient (Wildman–Crippen LogP) is 4.45. The van der Waals surface area contributed by atoms with Crippen molar-refractivity contribution in [3.8, 4) is 5.75 Å². The van der Waals surface area contributed by atoms with E-state index in [0.29, 0.717) is 11.3 Å². The third-order valence-electron chi connectivity index (χ3n) is 4.55. The zero-order valence-corrected chi connectivity index (χ0v) is 12.8. The van der Waals surface area contributed by atoms with Crippen LogP contribution in [0.25, 0.3) is 0 Å². The maximum absolute atomic E-state index is 14.0. The number of nitrogens with one attached hydrogen (secondary N) is 1. The molecule has 1 aromatic rings. The highest BCUT2D eigenvalue weighted by molar-refractivity contribution is 5.30. The van der Waals surface area contributed by atoms with Crippen LogP contribution in [0.1, 0.15) is 57.6 Å². The van der Waals surface area contributed by atoms with Crippen molar-refractivity contribution in [2.75, 3.05) is 7.05 Å². The molecule has 2 rings (SSSR count). The molecule has 0 spiro atoms. The zero-order chi connectivity index (χ0) is 14.5. The van der Waals surface area contributed by atoms with Crippen LogP contribution in [0.3, 0.4) is 0 Å². The van der Waals surface area contributed by atoms with E-state index < -0.39 is 0 Å². The van der Waals surface area contributed by atoms with Crippen molar-refractivity contribution < 1.29 is 9.13 Å². The maximum atomic E-state index is 14.0. The minimum absolute atomic E-state index is 0.0176. The summed E-state index contributed by atoms with van der Waals surface area (Å²) in [5, 5.41) is 3.05. The number of hydrogen-bond acceptors (Lipinski definition) is 2. The summed E-state index contributed by atoms with van der Waals surface area (Å²) >= 11 is 0. The second kappa shape index (κ2) is 7.07. The molecule has 2 nitrogen and oxygen atoms in total. The van der Waals surface area contributed by atoms with Crippen LogP contribution in [0.5, 0.6) is 5.75 Å². The second-order valence-electron chi connectivity index (χ2n) is 5.86. The number of benzene rings is 1. The number of ether oxygens (including phenoxy) is 1. The largest absolute Gasteiger partial charge is 0.490 e. The highest BCUT2D eigenvalue weighted by Crippen LogP contribution is 2.30. The Balaban J connectivity index is 1.95. The molecule has 1 saturated carbocycles. The standard InChI is InChI=1S/C17H26FNO/c1-4-13-5-7-14(8-6-13)20-15-9-10-16(12(2)19-3)17(18)11-15/h9-14,19H,4-8H2,1-3H3. The molecule has 112 valence electrons. The van der Waals surface area contributed by atoms with Gasteiger partial charge in [0.2, 0.25) is 0 Å². The summed E-state index contributed by atoms with van der Waals surface area (Å²) in [5.41, 5.74) is 0.689. The van der Waals surface area contributed by atoms with E-state index in [4.69, 9.17) is 4.74 Å². The molecule has 3 heteroatoms. The van der Waals surface area contributed by atoms with Gasteiger partial charge in [-0.25, -0.2) is 4.39 Å². The first kappa shape index (κ1) is 15.3. The second-order valence-corrected chi connectivity index (χ2v) is 5.86. The van der Waals surface area contributed by atoms with Gasteiger partial charge in [0.1, 0.15) is 11.6 Å². The van der Waals surface area contributed by atoms with Crippen molar-refractivity contribution in [1.82, 2.24) is 5.32 Å². The molecule has 0 radical (unpaired) electrons. The van der Waals surface area contributed by atoms with E-state index in [9.17, 15) is 4.39 Å².